The molecule has 0 spiro atoms. The van der Waals surface area contributed by atoms with Crippen LogP contribution in [0.3, 0.4) is 0 Å². The molecule has 0 saturated heterocycles. The van der Waals surface area contributed by atoms with Gasteiger partial charge >= 0.3 is 0 Å². The summed E-state index contributed by atoms with van der Waals surface area (Å²) in [5.41, 5.74) is 0.869. The minimum Gasteiger partial charge on any atom is -0.316 e. The fourth-order valence-corrected chi connectivity index (χ4v) is 3.01. The number of hydrogen-bond donors (Lipinski definition) is 1. The van der Waals surface area contributed by atoms with Gasteiger partial charge < -0.3 is 5.32 Å². The van der Waals surface area contributed by atoms with Crippen molar-refractivity contribution in [1.29, 1.82) is 0 Å². The van der Waals surface area contributed by atoms with Gasteiger partial charge in [0.25, 0.3) is 0 Å². The molecule has 1 aliphatic rings. The van der Waals surface area contributed by atoms with Crippen molar-refractivity contribution in [2.75, 3.05) is 13.1 Å². The van der Waals surface area contributed by atoms with Gasteiger partial charge in [-0.2, -0.15) is 0 Å². The second kappa shape index (κ2) is 6.83. The lowest BCUT2D eigenvalue weighted by Gasteiger charge is -2.32. The highest BCUT2D eigenvalue weighted by molar-refractivity contribution is 5.19. The van der Waals surface area contributed by atoms with Gasteiger partial charge in [0.1, 0.15) is 5.82 Å². The molecule has 1 N–H and O–H groups in total. The number of aromatic nitrogens is 1. The molecule has 0 amide bonds. The monoisotopic (exact) mass is 250 g/mol. The van der Waals surface area contributed by atoms with Crippen LogP contribution in [0, 0.1) is 11.7 Å². The maximum absolute atomic E-state index is 13.9. The molecule has 1 aliphatic carbocycles. The van der Waals surface area contributed by atoms with E-state index in [9.17, 15) is 4.39 Å². The molecule has 2 rings (SSSR count). The highest BCUT2D eigenvalue weighted by atomic mass is 19.1. The molecule has 1 saturated carbocycles. The summed E-state index contributed by atoms with van der Waals surface area (Å²) in [4.78, 5) is 3.85. The van der Waals surface area contributed by atoms with Crippen molar-refractivity contribution < 1.29 is 4.39 Å². The van der Waals surface area contributed by atoms with Gasteiger partial charge in [0.05, 0.1) is 6.20 Å². The molecular weight excluding hydrogens is 227 g/mol. The van der Waals surface area contributed by atoms with Crippen LogP contribution in [0.25, 0.3) is 0 Å². The molecule has 1 heterocycles. The summed E-state index contributed by atoms with van der Waals surface area (Å²) in [6, 6.07) is 1.86. The van der Waals surface area contributed by atoms with E-state index in [0.29, 0.717) is 11.8 Å². The first-order chi connectivity index (χ1) is 8.83. The molecule has 100 valence electrons. The number of nitrogens with one attached hydrogen (secondary N) is 1. The van der Waals surface area contributed by atoms with Gasteiger partial charge in [-0.05, 0) is 55.8 Å². The van der Waals surface area contributed by atoms with Crippen molar-refractivity contribution in [3.63, 3.8) is 0 Å². The summed E-state index contributed by atoms with van der Waals surface area (Å²) in [5, 5.41) is 3.49. The third-order valence-electron chi connectivity index (χ3n) is 3.95. The molecule has 2 unspecified atom stereocenters. The fourth-order valence-electron chi connectivity index (χ4n) is 3.01. The van der Waals surface area contributed by atoms with Crippen molar-refractivity contribution in [3.05, 3.63) is 29.8 Å². The zero-order valence-electron chi connectivity index (χ0n) is 11.2. The van der Waals surface area contributed by atoms with Crippen molar-refractivity contribution in [2.24, 2.45) is 5.92 Å². The van der Waals surface area contributed by atoms with Crippen molar-refractivity contribution in [2.45, 2.75) is 44.9 Å². The Morgan fingerprint density at radius 1 is 1.39 bits per heavy atom. The highest BCUT2D eigenvalue weighted by Crippen LogP contribution is 2.38. The van der Waals surface area contributed by atoms with Gasteiger partial charge in [0, 0.05) is 6.20 Å². The van der Waals surface area contributed by atoms with Gasteiger partial charge in [0.2, 0.25) is 0 Å². The maximum atomic E-state index is 13.9. The average molecular weight is 250 g/mol. The van der Waals surface area contributed by atoms with Crippen LogP contribution >= 0.6 is 0 Å². The van der Waals surface area contributed by atoms with Crippen LogP contribution in [0.5, 0.6) is 0 Å². The Kier molecular flexibility index (Phi) is 5.12. The van der Waals surface area contributed by atoms with Crippen LogP contribution in [-0.4, -0.2) is 18.1 Å². The molecule has 0 aromatic carbocycles. The van der Waals surface area contributed by atoms with Gasteiger partial charge in [0.15, 0.2) is 0 Å². The molecule has 2 atom stereocenters. The first-order valence-electron chi connectivity index (χ1n) is 7.13. The summed E-state index contributed by atoms with van der Waals surface area (Å²) in [5.74, 6) is 0.804. The molecule has 0 bridgehead atoms. The molecule has 1 fully saturated rings. The second-order valence-corrected chi connectivity index (χ2v) is 5.25. The standard InChI is InChI=1S/C15H23FN2/c1-2-8-17-10-12-5-3-4-6-13(12)14-7-9-18-11-15(14)16/h7,9,11-13,17H,2-6,8,10H2,1H3. The topological polar surface area (TPSA) is 24.9 Å². The number of nitrogens with zero attached hydrogens (tertiary/aromatic N) is 1. The van der Waals surface area contributed by atoms with Gasteiger partial charge in [-0.1, -0.05) is 19.8 Å². The minimum atomic E-state index is -0.134. The molecule has 1 aromatic heterocycles. The summed E-state index contributed by atoms with van der Waals surface area (Å²) in [6.45, 7) is 4.25. The predicted octanol–water partition coefficient (Wildman–Crippen LogP) is 3.49. The third-order valence-corrected chi connectivity index (χ3v) is 3.95. The van der Waals surface area contributed by atoms with Crippen molar-refractivity contribution in [3.8, 4) is 0 Å². The van der Waals surface area contributed by atoms with E-state index < -0.39 is 0 Å². The van der Waals surface area contributed by atoms with Crippen molar-refractivity contribution in [1.82, 2.24) is 10.3 Å². The van der Waals surface area contributed by atoms with E-state index in [4.69, 9.17) is 0 Å². The number of halogens is 1. The lowest BCUT2D eigenvalue weighted by Crippen LogP contribution is -2.30. The molecule has 1 aromatic rings. The van der Waals surface area contributed by atoms with Crippen LogP contribution in [0.15, 0.2) is 18.5 Å². The first kappa shape index (κ1) is 13.5. The Balaban J connectivity index is 2.05. The highest BCUT2D eigenvalue weighted by Gasteiger charge is 2.27. The molecule has 0 aliphatic heterocycles. The van der Waals surface area contributed by atoms with E-state index in [0.717, 1.165) is 31.5 Å². The fraction of sp³-hybridized carbons (Fsp3) is 0.667. The lowest BCUT2D eigenvalue weighted by molar-refractivity contribution is 0.290. The Morgan fingerprint density at radius 3 is 3.00 bits per heavy atom. The van der Waals surface area contributed by atoms with Crippen molar-refractivity contribution >= 4 is 0 Å². The van der Waals surface area contributed by atoms with Gasteiger partial charge in [-0.25, -0.2) is 4.39 Å². The van der Waals surface area contributed by atoms with E-state index in [1.165, 1.54) is 25.5 Å². The SMILES string of the molecule is CCCNCC1CCCCC1c1ccncc1F. The number of rotatable bonds is 5. The van der Waals surface area contributed by atoms with E-state index in [1.54, 1.807) is 6.20 Å². The van der Waals surface area contributed by atoms with Crippen LogP contribution in [0.1, 0.15) is 50.5 Å². The lowest BCUT2D eigenvalue weighted by atomic mass is 9.75. The zero-order valence-corrected chi connectivity index (χ0v) is 11.2. The Hall–Kier alpha value is -0.960. The zero-order chi connectivity index (χ0) is 12.8. The molecule has 3 heteroatoms. The normalized spacial score (nSPS) is 24.1. The number of pyridine rings is 1. The van der Waals surface area contributed by atoms with Crippen LogP contribution in [-0.2, 0) is 0 Å². The van der Waals surface area contributed by atoms with Crippen LogP contribution < -0.4 is 5.32 Å². The molecular formula is C15H23FN2. The van der Waals surface area contributed by atoms with E-state index >= 15 is 0 Å². The molecule has 0 radical (unpaired) electrons. The predicted molar refractivity (Wildman–Crippen MR) is 72.1 cm³/mol. The maximum Gasteiger partial charge on any atom is 0.144 e. The Labute approximate surface area is 109 Å². The van der Waals surface area contributed by atoms with Crippen LogP contribution in [0.2, 0.25) is 0 Å². The average Bonchev–Trinajstić information content (AvgIpc) is 2.40. The Morgan fingerprint density at radius 2 is 2.22 bits per heavy atom. The van der Waals surface area contributed by atoms with E-state index in [2.05, 4.69) is 17.2 Å². The first-order valence-corrected chi connectivity index (χ1v) is 7.13. The van der Waals surface area contributed by atoms with E-state index in [1.807, 2.05) is 6.07 Å². The third kappa shape index (κ3) is 3.29. The van der Waals surface area contributed by atoms with E-state index in [-0.39, 0.29) is 5.82 Å². The molecule has 18 heavy (non-hydrogen) atoms. The second-order valence-electron chi connectivity index (χ2n) is 5.25. The smallest absolute Gasteiger partial charge is 0.144 e. The number of hydrogen-bond acceptors (Lipinski definition) is 2. The van der Waals surface area contributed by atoms with Gasteiger partial charge in [-0.3, -0.25) is 4.98 Å². The Bertz CT molecular complexity index is 367. The van der Waals surface area contributed by atoms with Gasteiger partial charge in [-0.15, -0.1) is 0 Å². The summed E-state index contributed by atoms with van der Waals surface area (Å²) >= 11 is 0. The minimum absolute atomic E-state index is 0.134. The quantitative estimate of drug-likeness (QED) is 0.809. The largest absolute Gasteiger partial charge is 0.316 e. The summed E-state index contributed by atoms with van der Waals surface area (Å²) in [6.07, 6.45) is 9.03. The van der Waals surface area contributed by atoms with Crippen LogP contribution in [0.4, 0.5) is 4.39 Å². The molecule has 2 nitrogen and oxygen atoms in total. The summed E-state index contributed by atoms with van der Waals surface area (Å²) < 4.78 is 13.9. The summed E-state index contributed by atoms with van der Waals surface area (Å²) in [7, 11) is 0.